The number of amides is 3. The van der Waals surface area contributed by atoms with Crippen molar-refractivity contribution in [3.8, 4) is 0 Å². The Morgan fingerprint density at radius 3 is 2.61 bits per heavy atom. The van der Waals surface area contributed by atoms with Crippen molar-refractivity contribution in [2.75, 3.05) is 31.5 Å². The molecule has 3 amide bonds. The molecule has 0 radical (unpaired) electrons. The molecule has 2 aliphatic heterocycles. The number of urea groups is 1. The molecule has 1 aromatic carbocycles. The number of likely N-dealkylation sites (tertiary alicyclic amines) is 1. The van der Waals surface area contributed by atoms with Crippen LogP contribution in [0.1, 0.15) is 81.3 Å². The number of carbonyl (C=O) groups is 2. The molecule has 180 valence electrons. The van der Waals surface area contributed by atoms with Crippen molar-refractivity contribution < 1.29 is 14.0 Å². The molecular formula is C25H35ClN4O3. The largest absolute Gasteiger partial charge is 0.450 e. The third-order valence-electron chi connectivity index (χ3n) is 6.90. The average Bonchev–Trinajstić information content (AvgIpc) is 3.48. The Morgan fingerprint density at radius 1 is 1.15 bits per heavy atom. The second kappa shape index (κ2) is 10.3. The van der Waals surface area contributed by atoms with E-state index >= 15 is 0 Å². The smallest absolute Gasteiger partial charge is 0.319 e. The molecule has 3 aliphatic rings. The van der Waals surface area contributed by atoms with E-state index in [0.717, 1.165) is 69.1 Å². The zero-order chi connectivity index (χ0) is 23.4. The first kappa shape index (κ1) is 23.9. The molecular weight excluding hydrogens is 440 g/mol. The summed E-state index contributed by atoms with van der Waals surface area (Å²) in [5, 5.41) is 10.2. The summed E-state index contributed by atoms with van der Waals surface area (Å²) in [6, 6.07) is 3.29. The van der Waals surface area contributed by atoms with Crippen LogP contribution in [0.5, 0.6) is 0 Å². The van der Waals surface area contributed by atoms with E-state index in [0.29, 0.717) is 22.8 Å². The summed E-state index contributed by atoms with van der Waals surface area (Å²) in [5.74, 6) is 0.0662. The minimum Gasteiger partial charge on any atom is -0.450 e. The SMILES string of the molecule is CC.O=C1Nc2c(Cl)cc3cc(C(=O)NCCCN4CCCC4)oc3c2C2(CCCCC2)N1. The number of nitrogens with one attached hydrogen (secondary N) is 3. The summed E-state index contributed by atoms with van der Waals surface area (Å²) in [7, 11) is 0. The number of halogens is 1. The third kappa shape index (κ3) is 4.85. The number of fused-ring (bicyclic) bond motifs is 4. The zero-order valence-electron chi connectivity index (χ0n) is 19.7. The summed E-state index contributed by atoms with van der Waals surface area (Å²) in [4.78, 5) is 27.5. The Bertz CT molecular complexity index is 1010. The second-order valence-corrected chi connectivity index (χ2v) is 9.42. The Balaban J connectivity index is 0.00000126. The lowest BCUT2D eigenvalue weighted by Crippen LogP contribution is -2.52. The van der Waals surface area contributed by atoms with Crippen molar-refractivity contribution in [2.24, 2.45) is 0 Å². The molecule has 33 heavy (non-hydrogen) atoms. The van der Waals surface area contributed by atoms with Gasteiger partial charge in [0, 0.05) is 17.5 Å². The van der Waals surface area contributed by atoms with Crippen LogP contribution in [0, 0.1) is 0 Å². The highest BCUT2D eigenvalue weighted by molar-refractivity contribution is 6.35. The van der Waals surface area contributed by atoms with Gasteiger partial charge in [-0.1, -0.05) is 44.7 Å². The Morgan fingerprint density at radius 2 is 1.88 bits per heavy atom. The first-order valence-electron chi connectivity index (χ1n) is 12.4. The molecule has 8 heteroatoms. The molecule has 2 fully saturated rings. The van der Waals surface area contributed by atoms with Gasteiger partial charge in [0.15, 0.2) is 5.76 Å². The molecule has 3 N–H and O–H groups in total. The lowest BCUT2D eigenvalue weighted by molar-refractivity contribution is 0.0926. The van der Waals surface area contributed by atoms with Crippen LogP contribution in [0.15, 0.2) is 16.5 Å². The summed E-state index contributed by atoms with van der Waals surface area (Å²) in [6.07, 6.45) is 8.34. The topological polar surface area (TPSA) is 86.6 Å². The normalized spacial score (nSPS) is 19.4. The highest BCUT2D eigenvalue weighted by Gasteiger charge is 2.43. The molecule has 5 rings (SSSR count). The molecule has 1 aromatic heterocycles. The van der Waals surface area contributed by atoms with Crippen molar-refractivity contribution in [1.29, 1.82) is 0 Å². The Labute approximate surface area is 200 Å². The van der Waals surface area contributed by atoms with Crippen molar-refractivity contribution in [1.82, 2.24) is 15.5 Å². The van der Waals surface area contributed by atoms with Crippen LogP contribution in [0.4, 0.5) is 10.5 Å². The lowest BCUT2D eigenvalue weighted by atomic mass is 9.74. The molecule has 1 aliphatic carbocycles. The Hall–Kier alpha value is -2.25. The van der Waals surface area contributed by atoms with E-state index in [4.69, 9.17) is 16.0 Å². The molecule has 2 aromatic rings. The van der Waals surface area contributed by atoms with Crippen LogP contribution in [-0.2, 0) is 5.54 Å². The molecule has 0 bridgehead atoms. The van der Waals surface area contributed by atoms with E-state index in [1.165, 1.54) is 12.8 Å². The third-order valence-corrected chi connectivity index (χ3v) is 7.19. The van der Waals surface area contributed by atoms with Gasteiger partial charge in [0.2, 0.25) is 0 Å². The predicted molar refractivity (Wildman–Crippen MR) is 132 cm³/mol. The van der Waals surface area contributed by atoms with Gasteiger partial charge < -0.3 is 25.3 Å². The minimum atomic E-state index is -0.500. The van der Waals surface area contributed by atoms with Gasteiger partial charge in [0.05, 0.1) is 16.2 Å². The lowest BCUT2D eigenvalue weighted by Gasteiger charge is -2.42. The maximum absolute atomic E-state index is 12.7. The summed E-state index contributed by atoms with van der Waals surface area (Å²) in [5.41, 5.74) is 1.62. The number of hydrogen-bond donors (Lipinski definition) is 3. The number of carbonyl (C=O) groups excluding carboxylic acids is 2. The average molecular weight is 475 g/mol. The Kier molecular flexibility index (Phi) is 7.49. The highest BCUT2D eigenvalue weighted by Crippen LogP contribution is 2.48. The number of nitrogens with zero attached hydrogens (tertiary/aromatic N) is 1. The van der Waals surface area contributed by atoms with Crippen molar-refractivity contribution >= 4 is 40.2 Å². The predicted octanol–water partition coefficient (Wildman–Crippen LogP) is 5.62. The number of hydrogen-bond acceptors (Lipinski definition) is 4. The fourth-order valence-corrected chi connectivity index (χ4v) is 5.65. The van der Waals surface area contributed by atoms with Crippen molar-refractivity contribution in [3.05, 3.63) is 28.5 Å². The molecule has 1 spiro atoms. The fourth-order valence-electron chi connectivity index (χ4n) is 5.39. The van der Waals surface area contributed by atoms with Crippen LogP contribution in [0.2, 0.25) is 5.02 Å². The van der Waals surface area contributed by atoms with E-state index in [-0.39, 0.29) is 17.7 Å². The molecule has 1 saturated heterocycles. The maximum atomic E-state index is 12.7. The summed E-state index contributed by atoms with van der Waals surface area (Å²) >= 11 is 6.55. The van der Waals surface area contributed by atoms with Gasteiger partial charge in [-0.2, -0.15) is 0 Å². The number of furan rings is 1. The monoisotopic (exact) mass is 474 g/mol. The molecule has 3 heterocycles. The van der Waals surface area contributed by atoms with Crippen LogP contribution < -0.4 is 16.0 Å². The van der Waals surface area contributed by atoms with Gasteiger partial charge in [-0.3, -0.25) is 4.79 Å². The van der Waals surface area contributed by atoms with Gasteiger partial charge in [0.1, 0.15) is 5.58 Å². The van der Waals surface area contributed by atoms with Crippen molar-refractivity contribution in [2.45, 2.75) is 70.8 Å². The number of rotatable bonds is 5. The fraction of sp³-hybridized carbons (Fsp3) is 0.600. The maximum Gasteiger partial charge on any atom is 0.319 e. The van der Waals surface area contributed by atoms with E-state index in [2.05, 4.69) is 20.9 Å². The van der Waals surface area contributed by atoms with E-state index in [1.54, 1.807) is 12.1 Å². The molecule has 0 atom stereocenters. The van der Waals surface area contributed by atoms with Gasteiger partial charge >= 0.3 is 6.03 Å². The molecule has 0 unspecified atom stereocenters. The van der Waals surface area contributed by atoms with Crippen molar-refractivity contribution in [3.63, 3.8) is 0 Å². The molecule has 1 saturated carbocycles. The van der Waals surface area contributed by atoms with Gasteiger partial charge in [0.25, 0.3) is 5.91 Å². The summed E-state index contributed by atoms with van der Waals surface area (Å²) in [6.45, 7) is 7.95. The van der Waals surface area contributed by atoms with E-state index in [9.17, 15) is 9.59 Å². The van der Waals surface area contributed by atoms with E-state index in [1.807, 2.05) is 13.8 Å². The van der Waals surface area contributed by atoms with Crippen LogP contribution in [-0.4, -0.2) is 43.0 Å². The van der Waals surface area contributed by atoms with Crippen LogP contribution >= 0.6 is 11.6 Å². The zero-order valence-corrected chi connectivity index (χ0v) is 20.4. The van der Waals surface area contributed by atoms with E-state index < -0.39 is 5.54 Å². The highest BCUT2D eigenvalue weighted by atomic mass is 35.5. The minimum absolute atomic E-state index is 0.215. The van der Waals surface area contributed by atoms with Gasteiger partial charge in [-0.25, -0.2) is 4.79 Å². The first-order valence-corrected chi connectivity index (χ1v) is 12.8. The number of benzene rings is 1. The molecule has 7 nitrogen and oxygen atoms in total. The van der Waals surface area contributed by atoms with Crippen LogP contribution in [0.3, 0.4) is 0 Å². The van der Waals surface area contributed by atoms with Gasteiger partial charge in [-0.05, 0) is 63.9 Å². The quantitative estimate of drug-likeness (QED) is 0.490. The standard InChI is InChI=1S/C23H29ClN4O3.C2H6/c24-16-13-15-14-17(21(29)25-9-6-12-28-10-4-5-11-28)31-20(15)18-19(16)26-22(30)27-23(18)7-2-1-3-8-23;1-2/h13-14H,1-12H2,(H,25,29)(H2,26,27,30);1-2H3. The van der Waals surface area contributed by atoms with Gasteiger partial charge in [-0.15, -0.1) is 0 Å². The first-order chi connectivity index (χ1) is 16.1. The summed E-state index contributed by atoms with van der Waals surface area (Å²) < 4.78 is 6.10. The number of anilines is 1. The van der Waals surface area contributed by atoms with Crippen LogP contribution in [0.25, 0.3) is 11.0 Å². The second-order valence-electron chi connectivity index (χ2n) is 9.02.